The van der Waals surface area contributed by atoms with Crippen molar-refractivity contribution in [3.05, 3.63) is 29.6 Å². The molecule has 104 valence electrons. The van der Waals surface area contributed by atoms with Crippen molar-refractivity contribution in [2.75, 3.05) is 13.7 Å². The van der Waals surface area contributed by atoms with Crippen LogP contribution < -0.4 is 15.8 Å². The fraction of sp³-hybridized carbons (Fsp3) is 0.500. The molecule has 0 saturated heterocycles. The van der Waals surface area contributed by atoms with E-state index in [1.54, 1.807) is 12.1 Å². The lowest BCUT2D eigenvalue weighted by atomic mass is 9.85. The number of halogens is 1. The molecule has 0 spiro atoms. The molecule has 0 unspecified atom stereocenters. The smallest absolute Gasteiger partial charge is 0.188 e. The molecule has 0 aromatic heterocycles. The van der Waals surface area contributed by atoms with Crippen LogP contribution >= 0.6 is 0 Å². The van der Waals surface area contributed by atoms with Crippen LogP contribution in [0.1, 0.15) is 24.8 Å². The predicted octanol–water partition coefficient (Wildman–Crippen LogP) is 2.04. The Morgan fingerprint density at radius 3 is 2.89 bits per heavy atom. The molecule has 1 aliphatic carbocycles. The fourth-order valence-corrected chi connectivity index (χ4v) is 1.96. The van der Waals surface area contributed by atoms with Gasteiger partial charge < -0.3 is 15.8 Å². The maximum atomic E-state index is 13.7. The Morgan fingerprint density at radius 1 is 1.53 bits per heavy atom. The zero-order chi connectivity index (χ0) is 13.7. The molecule has 19 heavy (non-hydrogen) atoms. The SMILES string of the molecule is COc1ccc(CN=C(N)NCC2CCC2)c(F)c1. The van der Waals surface area contributed by atoms with Gasteiger partial charge in [-0.25, -0.2) is 9.38 Å². The lowest BCUT2D eigenvalue weighted by Gasteiger charge is -2.25. The van der Waals surface area contributed by atoms with Gasteiger partial charge in [0.2, 0.25) is 0 Å². The van der Waals surface area contributed by atoms with Gasteiger partial charge in [0.05, 0.1) is 13.7 Å². The minimum Gasteiger partial charge on any atom is -0.497 e. The van der Waals surface area contributed by atoms with Crippen molar-refractivity contribution in [2.45, 2.75) is 25.8 Å². The van der Waals surface area contributed by atoms with Crippen LogP contribution in [0.25, 0.3) is 0 Å². The van der Waals surface area contributed by atoms with Gasteiger partial charge in [0.1, 0.15) is 11.6 Å². The van der Waals surface area contributed by atoms with Crippen molar-refractivity contribution >= 4 is 5.96 Å². The third-order valence-electron chi connectivity index (χ3n) is 3.48. The Labute approximate surface area is 112 Å². The van der Waals surface area contributed by atoms with Gasteiger partial charge in [0.25, 0.3) is 0 Å². The number of ether oxygens (including phenoxy) is 1. The zero-order valence-electron chi connectivity index (χ0n) is 11.2. The highest BCUT2D eigenvalue weighted by molar-refractivity contribution is 5.77. The van der Waals surface area contributed by atoms with Gasteiger partial charge in [-0.1, -0.05) is 12.5 Å². The quantitative estimate of drug-likeness (QED) is 0.632. The molecule has 0 radical (unpaired) electrons. The second-order valence-electron chi connectivity index (χ2n) is 4.84. The first-order valence-corrected chi connectivity index (χ1v) is 6.55. The molecule has 1 aromatic rings. The van der Waals surface area contributed by atoms with Crippen molar-refractivity contribution < 1.29 is 9.13 Å². The van der Waals surface area contributed by atoms with E-state index in [1.165, 1.54) is 32.4 Å². The van der Waals surface area contributed by atoms with E-state index in [1.807, 2.05) is 0 Å². The number of benzene rings is 1. The minimum absolute atomic E-state index is 0.235. The highest BCUT2D eigenvalue weighted by Crippen LogP contribution is 2.25. The number of rotatable bonds is 5. The summed E-state index contributed by atoms with van der Waals surface area (Å²) in [7, 11) is 1.51. The summed E-state index contributed by atoms with van der Waals surface area (Å²) in [5, 5.41) is 3.08. The van der Waals surface area contributed by atoms with Crippen molar-refractivity contribution in [3.8, 4) is 5.75 Å². The zero-order valence-corrected chi connectivity index (χ0v) is 11.2. The molecule has 1 fully saturated rings. The summed E-state index contributed by atoms with van der Waals surface area (Å²) in [5.41, 5.74) is 6.26. The third kappa shape index (κ3) is 3.84. The molecule has 0 amide bonds. The van der Waals surface area contributed by atoms with E-state index in [2.05, 4.69) is 10.3 Å². The van der Waals surface area contributed by atoms with Crippen molar-refractivity contribution in [1.82, 2.24) is 5.32 Å². The van der Waals surface area contributed by atoms with Gasteiger partial charge in [-0.3, -0.25) is 0 Å². The molecule has 4 nitrogen and oxygen atoms in total. The van der Waals surface area contributed by atoms with Gasteiger partial charge in [-0.2, -0.15) is 0 Å². The van der Waals surface area contributed by atoms with Gasteiger partial charge in [-0.15, -0.1) is 0 Å². The number of hydrogen-bond donors (Lipinski definition) is 2. The molecular weight excluding hydrogens is 245 g/mol. The third-order valence-corrected chi connectivity index (χ3v) is 3.48. The van der Waals surface area contributed by atoms with Crippen LogP contribution in [0.15, 0.2) is 23.2 Å². The molecule has 5 heteroatoms. The van der Waals surface area contributed by atoms with Crippen LogP contribution in [-0.4, -0.2) is 19.6 Å². The van der Waals surface area contributed by atoms with E-state index in [-0.39, 0.29) is 12.4 Å². The number of nitrogens with one attached hydrogen (secondary N) is 1. The molecule has 0 atom stereocenters. The molecule has 1 aromatic carbocycles. The van der Waals surface area contributed by atoms with Gasteiger partial charge >= 0.3 is 0 Å². The Hall–Kier alpha value is -1.78. The molecule has 1 aliphatic rings. The lowest BCUT2D eigenvalue weighted by molar-refractivity contribution is 0.315. The first-order valence-electron chi connectivity index (χ1n) is 6.55. The fourth-order valence-electron chi connectivity index (χ4n) is 1.96. The summed E-state index contributed by atoms with van der Waals surface area (Å²) in [6.45, 7) is 1.10. The molecule has 0 aliphatic heterocycles. The maximum absolute atomic E-state index is 13.7. The summed E-state index contributed by atoms with van der Waals surface area (Å²) < 4.78 is 18.6. The minimum atomic E-state index is -0.324. The summed E-state index contributed by atoms with van der Waals surface area (Å²) in [5.74, 6) is 1.27. The molecule has 0 heterocycles. The predicted molar refractivity (Wildman–Crippen MR) is 73.6 cm³/mol. The summed E-state index contributed by atoms with van der Waals surface area (Å²) >= 11 is 0. The van der Waals surface area contributed by atoms with Crippen molar-refractivity contribution in [3.63, 3.8) is 0 Å². The Balaban J connectivity index is 1.85. The van der Waals surface area contributed by atoms with Gasteiger partial charge in [0.15, 0.2) is 5.96 Å². The second-order valence-corrected chi connectivity index (χ2v) is 4.84. The van der Waals surface area contributed by atoms with E-state index in [4.69, 9.17) is 10.5 Å². The van der Waals surface area contributed by atoms with Crippen LogP contribution in [0.5, 0.6) is 5.75 Å². The highest BCUT2D eigenvalue weighted by atomic mass is 19.1. The number of guanidine groups is 1. The topological polar surface area (TPSA) is 59.6 Å². The number of nitrogens with zero attached hydrogens (tertiary/aromatic N) is 1. The first-order chi connectivity index (χ1) is 9.19. The largest absolute Gasteiger partial charge is 0.497 e. The van der Waals surface area contributed by atoms with E-state index >= 15 is 0 Å². The van der Waals surface area contributed by atoms with E-state index in [9.17, 15) is 4.39 Å². The van der Waals surface area contributed by atoms with Crippen LogP contribution in [-0.2, 0) is 6.54 Å². The number of hydrogen-bond acceptors (Lipinski definition) is 2. The Kier molecular flexibility index (Phi) is 4.60. The summed E-state index contributed by atoms with van der Waals surface area (Å²) in [6, 6.07) is 4.73. The standard InChI is InChI=1S/C14H20FN3O/c1-19-12-6-5-11(13(15)7-12)9-18-14(16)17-8-10-3-2-4-10/h5-7,10H,2-4,8-9H2,1H3,(H3,16,17,18). The Morgan fingerprint density at radius 2 is 2.32 bits per heavy atom. The van der Waals surface area contributed by atoms with Gasteiger partial charge in [0, 0.05) is 18.2 Å². The second kappa shape index (κ2) is 6.41. The number of aliphatic imine (C=N–C) groups is 1. The number of methoxy groups -OCH3 is 1. The maximum Gasteiger partial charge on any atom is 0.188 e. The monoisotopic (exact) mass is 265 g/mol. The van der Waals surface area contributed by atoms with Crippen LogP contribution in [0.2, 0.25) is 0 Å². The average Bonchev–Trinajstić information content (AvgIpc) is 2.35. The number of nitrogens with two attached hydrogens (primary N) is 1. The van der Waals surface area contributed by atoms with E-state index < -0.39 is 0 Å². The average molecular weight is 265 g/mol. The highest BCUT2D eigenvalue weighted by Gasteiger charge is 2.16. The Bertz CT molecular complexity index is 458. The normalized spacial score (nSPS) is 16.0. The summed E-state index contributed by atoms with van der Waals surface area (Å²) in [6.07, 6.45) is 3.82. The van der Waals surface area contributed by atoms with Crippen molar-refractivity contribution in [2.24, 2.45) is 16.6 Å². The van der Waals surface area contributed by atoms with E-state index in [0.717, 1.165) is 6.54 Å². The lowest BCUT2D eigenvalue weighted by Crippen LogP contribution is -2.37. The van der Waals surface area contributed by atoms with Gasteiger partial charge in [-0.05, 0) is 24.8 Å². The van der Waals surface area contributed by atoms with E-state index in [0.29, 0.717) is 23.2 Å². The molecule has 3 N–H and O–H groups in total. The van der Waals surface area contributed by atoms with Crippen LogP contribution in [0.3, 0.4) is 0 Å². The van der Waals surface area contributed by atoms with Crippen LogP contribution in [0.4, 0.5) is 4.39 Å². The first kappa shape index (κ1) is 13.6. The molecule has 2 rings (SSSR count). The molecular formula is C14H20FN3O. The molecule has 1 saturated carbocycles. The molecule has 0 bridgehead atoms. The van der Waals surface area contributed by atoms with Crippen molar-refractivity contribution in [1.29, 1.82) is 0 Å². The van der Waals surface area contributed by atoms with Crippen LogP contribution in [0, 0.1) is 11.7 Å². The summed E-state index contributed by atoms with van der Waals surface area (Å²) in [4.78, 5) is 4.14.